The van der Waals surface area contributed by atoms with Gasteiger partial charge in [0.25, 0.3) is 0 Å². The molecule has 2 aromatic carbocycles. The van der Waals surface area contributed by atoms with Crippen LogP contribution in [0.1, 0.15) is 41.5 Å². The van der Waals surface area contributed by atoms with Crippen molar-refractivity contribution in [2.45, 2.75) is 77.8 Å². The summed E-state index contributed by atoms with van der Waals surface area (Å²) in [6.07, 6.45) is 0. The van der Waals surface area contributed by atoms with Crippen molar-refractivity contribution in [1.82, 2.24) is 0 Å². The molecule has 3 rings (SSSR count). The van der Waals surface area contributed by atoms with Gasteiger partial charge in [0, 0.05) is 16.8 Å². The molecule has 168 valence electrons. The lowest BCUT2D eigenvalue weighted by molar-refractivity contribution is 0.490. The van der Waals surface area contributed by atoms with Gasteiger partial charge in [-0.1, -0.05) is 41.5 Å². The third kappa shape index (κ3) is 4.60. The fourth-order valence-corrected chi connectivity index (χ4v) is 4.96. The quantitative estimate of drug-likeness (QED) is 0.229. The first-order chi connectivity index (χ1) is 14.0. The molecule has 0 saturated heterocycles. The zero-order chi connectivity index (χ0) is 23.4. The van der Waals surface area contributed by atoms with Crippen molar-refractivity contribution in [2.24, 2.45) is 0 Å². The number of rotatable bonds is 4. The van der Waals surface area contributed by atoms with Gasteiger partial charge in [0.1, 0.15) is 17.1 Å². The largest absolute Gasteiger partial charge is 0.543 e. The fraction of sp³-hybridized carbons (Fsp3) is 0.480. The number of hydrogen-bond acceptors (Lipinski definition) is 4. The second kappa shape index (κ2) is 7.52. The molecule has 31 heavy (non-hydrogen) atoms. The van der Waals surface area contributed by atoms with Crippen LogP contribution >= 0.6 is 0 Å². The molecule has 0 aliphatic rings. The van der Waals surface area contributed by atoms with E-state index in [0.29, 0.717) is 11.0 Å². The van der Waals surface area contributed by atoms with Crippen LogP contribution in [0.4, 0.5) is 0 Å². The van der Waals surface area contributed by atoms with Crippen molar-refractivity contribution in [2.75, 3.05) is 0 Å². The van der Waals surface area contributed by atoms with E-state index in [4.69, 9.17) is 13.3 Å². The van der Waals surface area contributed by atoms with Crippen LogP contribution in [0.5, 0.6) is 11.5 Å². The average Bonchev–Trinajstić information content (AvgIpc) is 2.59. The maximum Gasteiger partial charge on any atom is 0.344 e. The summed E-state index contributed by atoms with van der Waals surface area (Å²) in [6, 6.07) is 11.5. The SMILES string of the molecule is CC(C)(C)[Si](C)(C)Oc1ccc2c(c1)oc(=O)c1cc(O[Si](C)(C)C(C)(C)C)ccc12. The average molecular weight is 457 g/mol. The van der Waals surface area contributed by atoms with Gasteiger partial charge in [-0.3, -0.25) is 0 Å². The van der Waals surface area contributed by atoms with Crippen LogP contribution in [0, 0.1) is 0 Å². The topological polar surface area (TPSA) is 48.7 Å². The Bertz CT molecular complexity index is 1180. The van der Waals surface area contributed by atoms with Gasteiger partial charge in [0.15, 0.2) is 0 Å². The molecule has 1 heterocycles. The van der Waals surface area contributed by atoms with Crippen LogP contribution in [0.3, 0.4) is 0 Å². The van der Waals surface area contributed by atoms with E-state index in [0.717, 1.165) is 22.3 Å². The molecule has 0 aliphatic carbocycles. The summed E-state index contributed by atoms with van der Waals surface area (Å²) in [5.74, 6) is 1.48. The number of fused-ring (bicyclic) bond motifs is 3. The number of benzene rings is 2. The lowest BCUT2D eigenvalue weighted by Gasteiger charge is -2.36. The van der Waals surface area contributed by atoms with E-state index in [2.05, 4.69) is 67.7 Å². The molecule has 3 aromatic rings. The summed E-state index contributed by atoms with van der Waals surface area (Å²) in [6.45, 7) is 22.0. The van der Waals surface area contributed by atoms with Gasteiger partial charge in [-0.15, -0.1) is 0 Å². The minimum atomic E-state index is -2.00. The Hall–Kier alpha value is -2.06. The van der Waals surface area contributed by atoms with Gasteiger partial charge in [0.2, 0.25) is 16.6 Å². The first-order valence-corrected chi connectivity index (χ1v) is 16.7. The second-order valence-electron chi connectivity index (χ2n) is 11.5. The molecular formula is C25H36O4Si2. The standard InChI is InChI=1S/C25H36O4Si2/c1-24(2,3)30(7,8)28-17-11-13-19-20-14-12-18(29-31(9,10)25(4,5)6)16-22(20)27-23(26)21(19)15-17/h11-16H,1-10H3. The Kier molecular flexibility index (Phi) is 5.72. The smallest absolute Gasteiger partial charge is 0.344 e. The molecule has 0 atom stereocenters. The lowest BCUT2D eigenvalue weighted by Crippen LogP contribution is -2.43. The highest BCUT2D eigenvalue weighted by Crippen LogP contribution is 2.39. The highest BCUT2D eigenvalue weighted by molar-refractivity contribution is 6.75. The summed E-state index contributed by atoms with van der Waals surface area (Å²) < 4.78 is 18.5. The van der Waals surface area contributed by atoms with E-state index in [-0.39, 0.29) is 15.7 Å². The fourth-order valence-electron chi connectivity index (χ4n) is 2.91. The summed E-state index contributed by atoms with van der Waals surface area (Å²) in [7, 11) is -3.97. The molecule has 0 aliphatic heterocycles. The van der Waals surface area contributed by atoms with E-state index in [1.54, 1.807) is 0 Å². The summed E-state index contributed by atoms with van der Waals surface area (Å²) in [5.41, 5.74) is 0.194. The van der Waals surface area contributed by atoms with Gasteiger partial charge in [-0.25, -0.2) is 4.79 Å². The van der Waals surface area contributed by atoms with Crippen LogP contribution in [0.25, 0.3) is 21.7 Å². The highest BCUT2D eigenvalue weighted by Gasteiger charge is 2.40. The molecule has 6 heteroatoms. The summed E-state index contributed by atoms with van der Waals surface area (Å²) in [4.78, 5) is 12.8. The molecule has 0 N–H and O–H groups in total. The van der Waals surface area contributed by atoms with Gasteiger partial charge < -0.3 is 13.3 Å². The van der Waals surface area contributed by atoms with Gasteiger partial charge in [-0.05, 0) is 66.6 Å². The van der Waals surface area contributed by atoms with Crippen LogP contribution in [-0.2, 0) is 0 Å². The molecule has 0 unspecified atom stereocenters. The van der Waals surface area contributed by atoms with E-state index in [1.165, 1.54) is 0 Å². The van der Waals surface area contributed by atoms with Crippen molar-refractivity contribution in [3.8, 4) is 11.5 Å². The molecule has 0 amide bonds. The lowest BCUT2D eigenvalue weighted by atomic mass is 10.1. The minimum absolute atomic E-state index is 0.0799. The van der Waals surface area contributed by atoms with E-state index >= 15 is 0 Å². The predicted molar refractivity (Wildman–Crippen MR) is 136 cm³/mol. The molecule has 1 aromatic heterocycles. The van der Waals surface area contributed by atoms with E-state index in [1.807, 2.05) is 36.4 Å². The second-order valence-corrected chi connectivity index (χ2v) is 20.9. The van der Waals surface area contributed by atoms with Crippen LogP contribution in [0.15, 0.2) is 45.6 Å². The summed E-state index contributed by atoms with van der Waals surface area (Å²) in [5, 5.41) is 2.48. The van der Waals surface area contributed by atoms with Crippen molar-refractivity contribution in [3.63, 3.8) is 0 Å². The predicted octanol–water partition coefficient (Wildman–Crippen LogP) is 7.71. The van der Waals surface area contributed by atoms with E-state index in [9.17, 15) is 4.79 Å². The Morgan fingerprint density at radius 1 is 0.677 bits per heavy atom. The van der Waals surface area contributed by atoms with Gasteiger partial charge in [0.05, 0.1) is 5.39 Å². The molecule has 0 spiro atoms. The Labute approximate surface area is 187 Å². The Balaban J connectivity index is 2.05. The first kappa shape index (κ1) is 23.6. The van der Waals surface area contributed by atoms with Gasteiger partial charge >= 0.3 is 5.63 Å². The zero-order valence-electron chi connectivity index (χ0n) is 20.6. The zero-order valence-corrected chi connectivity index (χ0v) is 22.6. The van der Waals surface area contributed by atoms with Crippen molar-refractivity contribution < 1.29 is 13.3 Å². The minimum Gasteiger partial charge on any atom is -0.543 e. The first-order valence-electron chi connectivity index (χ1n) is 10.9. The van der Waals surface area contributed by atoms with Crippen LogP contribution in [-0.4, -0.2) is 16.6 Å². The third-order valence-corrected chi connectivity index (χ3v) is 15.7. The van der Waals surface area contributed by atoms with Crippen LogP contribution < -0.4 is 14.5 Å². The van der Waals surface area contributed by atoms with Gasteiger partial charge in [-0.2, -0.15) is 0 Å². The van der Waals surface area contributed by atoms with E-state index < -0.39 is 16.6 Å². The normalized spacial score (nSPS) is 13.6. The highest BCUT2D eigenvalue weighted by atomic mass is 28.4. The number of hydrogen-bond donors (Lipinski definition) is 0. The monoisotopic (exact) mass is 456 g/mol. The van der Waals surface area contributed by atoms with Crippen LogP contribution in [0.2, 0.25) is 36.3 Å². The molecule has 0 fully saturated rings. The molecule has 4 nitrogen and oxygen atoms in total. The third-order valence-electron chi connectivity index (χ3n) is 7.02. The Morgan fingerprint density at radius 3 is 1.61 bits per heavy atom. The maximum absolute atomic E-state index is 12.8. The van der Waals surface area contributed by atoms with Crippen molar-refractivity contribution in [1.29, 1.82) is 0 Å². The van der Waals surface area contributed by atoms with Crippen molar-refractivity contribution >= 4 is 38.4 Å². The maximum atomic E-state index is 12.8. The molecular weight excluding hydrogens is 420 g/mol. The van der Waals surface area contributed by atoms with Crippen molar-refractivity contribution in [3.05, 3.63) is 46.8 Å². The molecule has 0 saturated carbocycles. The molecule has 0 radical (unpaired) electrons. The molecule has 0 bridgehead atoms. The summed E-state index contributed by atoms with van der Waals surface area (Å²) >= 11 is 0. The Morgan fingerprint density at radius 2 is 1.13 bits per heavy atom.